The second-order valence-corrected chi connectivity index (χ2v) is 3.38. The number of aliphatic hydroxyl groups excluding tert-OH is 2. The van der Waals surface area contributed by atoms with Gasteiger partial charge < -0.3 is 29.2 Å². The zero-order chi connectivity index (χ0) is 12.0. The minimum atomic E-state index is -0.948. The SMILES string of the molecule is [B][C@@H]1O[C@H](CO)C(O)[C@@H]1OCOCOCC. The summed E-state index contributed by atoms with van der Waals surface area (Å²) in [4.78, 5) is 0. The predicted molar refractivity (Wildman–Crippen MR) is 54.8 cm³/mol. The molecule has 2 radical (unpaired) electrons. The summed E-state index contributed by atoms with van der Waals surface area (Å²) in [7, 11) is 5.57. The van der Waals surface area contributed by atoms with Crippen LogP contribution >= 0.6 is 0 Å². The molecule has 0 bridgehead atoms. The summed E-state index contributed by atoms with van der Waals surface area (Å²) in [5, 5.41) is 18.5. The van der Waals surface area contributed by atoms with Crippen molar-refractivity contribution in [2.75, 3.05) is 26.8 Å². The molecular weight excluding hydrogens is 215 g/mol. The second-order valence-electron chi connectivity index (χ2n) is 3.38. The van der Waals surface area contributed by atoms with Crippen molar-refractivity contribution in [1.82, 2.24) is 0 Å². The molecule has 1 heterocycles. The molecule has 4 atom stereocenters. The lowest BCUT2D eigenvalue weighted by Crippen LogP contribution is -2.37. The van der Waals surface area contributed by atoms with E-state index in [4.69, 9.17) is 31.9 Å². The maximum atomic E-state index is 9.65. The molecule has 0 amide bonds. The Morgan fingerprint density at radius 2 is 2.06 bits per heavy atom. The molecule has 6 nitrogen and oxygen atoms in total. The van der Waals surface area contributed by atoms with Crippen LogP contribution in [0.25, 0.3) is 0 Å². The van der Waals surface area contributed by atoms with Gasteiger partial charge >= 0.3 is 0 Å². The predicted octanol–water partition coefficient (Wildman–Crippen LogP) is -1.41. The Kier molecular flexibility index (Phi) is 6.26. The first-order valence-corrected chi connectivity index (χ1v) is 5.17. The van der Waals surface area contributed by atoms with E-state index >= 15 is 0 Å². The van der Waals surface area contributed by atoms with E-state index in [0.29, 0.717) is 6.61 Å². The van der Waals surface area contributed by atoms with Crippen LogP contribution in [0.3, 0.4) is 0 Å². The standard InChI is InChI=1S/C9H17BO6/c1-2-13-4-14-5-15-8-7(12)6(3-11)16-9(8)10/h6-9,11-12H,2-5H2,1H3/t6-,7?,8+,9-/m1/s1. The number of ether oxygens (including phenoxy) is 4. The molecule has 0 aromatic rings. The molecule has 0 aliphatic carbocycles. The van der Waals surface area contributed by atoms with Crippen molar-refractivity contribution >= 4 is 7.85 Å². The van der Waals surface area contributed by atoms with Crippen LogP contribution in [0.5, 0.6) is 0 Å². The average Bonchev–Trinajstić information content (AvgIpc) is 2.55. The molecule has 0 aromatic heterocycles. The molecule has 1 saturated heterocycles. The monoisotopic (exact) mass is 232 g/mol. The molecule has 0 spiro atoms. The first-order chi connectivity index (χ1) is 7.70. The lowest BCUT2D eigenvalue weighted by atomic mass is 9.93. The van der Waals surface area contributed by atoms with Gasteiger partial charge in [-0.05, 0) is 6.92 Å². The molecule has 7 heteroatoms. The molecule has 92 valence electrons. The van der Waals surface area contributed by atoms with E-state index in [1.807, 2.05) is 6.92 Å². The van der Waals surface area contributed by atoms with E-state index in [1.54, 1.807) is 0 Å². The largest absolute Gasteiger partial charge is 0.394 e. The molecular formula is C9H17BO6. The van der Waals surface area contributed by atoms with E-state index in [0.717, 1.165) is 0 Å². The van der Waals surface area contributed by atoms with Crippen LogP contribution in [0.1, 0.15) is 6.92 Å². The van der Waals surface area contributed by atoms with Crippen LogP contribution in [0.15, 0.2) is 0 Å². The van der Waals surface area contributed by atoms with Gasteiger partial charge in [0.2, 0.25) is 0 Å². The number of rotatable bonds is 7. The summed E-state index contributed by atoms with van der Waals surface area (Å²) in [6.45, 7) is 2.19. The summed E-state index contributed by atoms with van der Waals surface area (Å²) >= 11 is 0. The Morgan fingerprint density at radius 1 is 1.31 bits per heavy atom. The average molecular weight is 232 g/mol. The van der Waals surface area contributed by atoms with Gasteiger partial charge in [0, 0.05) is 12.6 Å². The summed E-state index contributed by atoms with van der Waals surface area (Å²) in [6, 6.07) is -0.761. The fourth-order valence-corrected chi connectivity index (χ4v) is 1.41. The van der Waals surface area contributed by atoms with E-state index in [2.05, 4.69) is 0 Å². The summed E-state index contributed by atoms with van der Waals surface area (Å²) in [5.41, 5.74) is 0. The number of hydrogen-bond donors (Lipinski definition) is 2. The highest BCUT2D eigenvalue weighted by Crippen LogP contribution is 2.21. The minimum Gasteiger partial charge on any atom is -0.394 e. The summed E-state index contributed by atoms with van der Waals surface area (Å²) < 4.78 is 20.2. The van der Waals surface area contributed by atoms with Crippen molar-refractivity contribution in [3.63, 3.8) is 0 Å². The van der Waals surface area contributed by atoms with Crippen molar-refractivity contribution in [3.8, 4) is 0 Å². The van der Waals surface area contributed by atoms with E-state index in [-0.39, 0.29) is 20.2 Å². The Bertz CT molecular complexity index is 193. The van der Waals surface area contributed by atoms with Gasteiger partial charge in [-0.1, -0.05) is 0 Å². The van der Waals surface area contributed by atoms with Crippen LogP contribution in [0.4, 0.5) is 0 Å². The normalized spacial score (nSPS) is 34.4. The van der Waals surface area contributed by atoms with Crippen molar-refractivity contribution in [1.29, 1.82) is 0 Å². The molecule has 1 rings (SSSR count). The Labute approximate surface area is 95.8 Å². The van der Waals surface area contributed by atoms with Gasteiger partial charge in [0.15, 0.2) is 0 Å². The minimum absolute atomic E-state index is 0.0447. The first-order valence-electron chi connectivity index (χ1n) is 5.17. The molecule has 1 aliphatic heterocycles. The van der Waals surface area contributed by atoms with E-state index < -0.39 is 24.3 Å². The van der Waals surface area contributed by atoms with Crippen LogP contribution in [0, 0.1) is 0 Å². The second kappa shape index (κ2) is 7.21. The fraction of sp³-hybridized carbons (Fsp3) is 1.00. The Morgan fingerprint density at radius 3 is 2.62 bits per heavy atom. The summed E-state index contributed by atoms with van der Waals surface area (Å²) in [6.07, 6.45) is -2.35. The molecule has 0 aromatic carbocycles. The van der Waals surface area contributed by atoms with Gasteiger partial charge in [-0.15, -0.1) is 0 Å². The number of hydrogen-bond acceptors (Lipinski definition) is 6. The zero-order valence-corrected chi connectivity index (χ0v) is 9.24. The molecule has 2 N–H and O–H groups in total. The molecule has 1 aliphatic rings. The maximum Gasteiger partial charge on any atom is 0.150 e. The van der Waals surface area contributed by atoms with E-state index in [1.165, 1.54) is 0 Å². The smallest absolute Gasteiger partial charge is 0.150 e. The van der Waals surface area contributed by atoms with Gasteiger partial charge in [0.05, 0.1) is 6.61 Å². The van der Waals surface area contributed by atoms with Gasteiger partial charge in [0.1, 0.15) is 39.7 Å². The van der Waals surface area contributed by atoms with Gasteiger partial charge in [0.25, 0.3) is 0 Å². The first kappa shape index (κ1) is 13.9. The zero-order valence-electron chi connectivity index (χ0n) is 9.24. The molecule has 1 unspecified atom stereocenters. The molecule has 0 saturated carbocycles. The van der Waals surface area contributed by atoms with Crippen molar-refractivity contribution in [3.05, 3.63) is 0 Å². The molecule has 1 fully saturated rings. The molecule has 16 heavy (non-hydrogen) atoms. The topological polar surface area (TPSA) is 77.4 Å². The van der Waals surface area contributed by atoms with Crippen LogP contribution in [0.2, 0.25) is 0 Å². The van der Waals surface area contributed by atoms with E-state index in [9.17, 15) is 5.11 Å². The fourth-order valence-electron chi connectivity index (χ4n) is 1.41. The highest BCUT2D eigenvalue weighted by Gasteiger charge is 2.41. The Balaban J connectivity index is 2.20. The third-order valence-corrected chi connectivity index (χ3v) is 2.27. The van der Waals surface area contributed by atoms with Crippen molar-refractivity contribution in [2.45, 2.75) is 31.2 Å². The van der Waals surface area contributed by atoms with Crippen LogP contribution in [-0.2, 0) is 18.9 Å². The van der Waals surface area contributed by atoms with Gasteiger partial charge in [-0.3, -0.25) is 0 Å². The maximum absolute atomic E-state index is 9.65. The Hall–Kier alpha value is -0.175. The highest BCUT2D eigenvalue weighted by molar-refractivity contribution is 6.11. The van der Waals surface area contributed by atoms with Crippen LogP contribution in [-0.4, -0.2) is 69.2 Å². The quantitative estimate of drug-likeness (QED) is 0.319. The lowest BCUT2D eigenvalue weighted by Gasteiger charge is -2.18. The highest BCUT2D eigenvalue weighted by atomic mass is 16.7. The third kappa shape index (κ3) is 3.69. The van der Waals surface area contributed by atoms with Gasteiger partial charge in [-0.2, -0.15) is 0 Å². The van der Waals surface area contributed by atoms with Crippen LogP contribution < -0.4 is 0 Å². The summed E-state index contributed by atoms with van der Waals surface area (Å²) in [5.74, 6) is 0. The lowest BCUT2D eigenvalue weighted by molar-refractivity contribution is -0.161. The number of aliphatic hydroxyl groups is 2. The van der Waals surface area contributed by atoms with Crippen molar-refractivity contribution in [2.24, 2.45) is 0 Å². The van der Waals surface area contributed by atoms with Crippen molar-refractivity contribution < 1.29 is 29.2 Å². The van der Waals surface area contributed by atoms with Gasteiger partial charge in [-0.25, -0.2) is 0 Å². The third-order valence-electron chi connectivity index (χ3n) is 2.27.